The second-order valence-electron chi connectivity index (χ2n) is 3.34. The van der Waals surface area contributed by atoms with Crippen molar-refractivity contribution in [2.45, 2.75) is 17.9 Å². The van der Waals surface area contributed by atoms with Gasteiger partial charge in [0.05, 0.1) is 5.69 Å². The molecule has 2 rings (SSSR count). The molecule has 0 saturated heterocycles. The summed E-state index contributed by atoms with van der Waals surface area (Å²) in [5, 5.41) is 3.47. The van der Waals surface area contributed by atoms with E-state index in [4.69, 9.17) is 5.73 Å². The van der Waals surface area contributed by atoms with Crippen molar-refractivity contribution in [2.24, 2.45) is 5.73 Å². The molecule has 70 valence electrons. The van der Waals surface area contributed by atoms with Gasteiger partial charge in [-0.25, -0.2) is 0 Å². The molecule has 0 aromatic heterocycles. The molecule has 0 radical (unpaired) electrons. The number of hydrogen-bond acceptors (Lipinski definition) is 3. The first-order chi connectivity index (χ1) is 6.31. The molecule has 1 aliphatic rings. The van der Waals surface area contributed by atoms with Crippen molar-refractivity contribution < 1.29 is 0 Å². The van der Waals surface area contributed by atoms with Gasteiger partial charge in [-0.2, -0.15) is 0 Å². The minimum absolute atomic E-state index is 0.429. The zero-order valence-corrected chi connectivity index (χ0v) is 8.53. The van der Waals surface area contributed by atoms with E-state index in [1.54, 1.807) is 0 Å². The average molecular weight is 194 g/mol. The van der Waals surface area contributed by atoms with Crippen LogP contribution in [0, 0.1) is 6.92 Å². The lowest BCUT2D eigenvalue weighted by Crippen LogP contribution is -2.33. The number of rotatable bonds is 1. The maximum absolute atomic E-state index is 5.63. The number of nitrogens with one attached hydrogen (secondary N) is 1. The van der Waals surface area contributed by atoms with Gasteiger partial charge in [-0.15, -0.1) is 11.8 Å². The Morgan fingerprint density at radius 2 is 2.46 bits per heavy atom. The van der Waals surface area contributed by atoms with Crippen LogP contribution in [0.2, 0.25) is 0 Å². The molecular formula is C10H14N2S. The molecule has 3 heteroatoms. The molecule has 3 N–H and O–H groups in total. The summed E-state index contributed by atoms with van der Waals surface area (Å²) < 4.78 is 0. The molecule has 0 spiro atoms. The molecule has 13 heavy (non-hydrogen) atoms. The molecular weight excluding hydrogens is 180 g/mol. The number of benzene rings is 1. The van der Waals surface area contributed by atoms with Gasteiger partial charge in [0.25, 0.3) is 0 Å². The third-order valence-electron chi connectivity index (χ3n) is 2.31. The number of nitrogens with two attached hydrogens (primary N) is 1. The van der Waals surface area contributed by atoms with E-state index in [1.165, 1.54) is 16.1 Å². The van der Waals surface area contributed by atoms with Gasteiger partial charge in [0, 0.05) is 23.2 Å². The first kappa shape index (κ1) is 8.91. The summed E-state index contributed by atoms with van der Waals surface area (Å²) in [5.74, 6) is 1.08. The van der Waals surface area contributed by atoms with E-state index in [-0.39, 0.29) is 0 Å². The fourth-order valence-electron chi connectivity index (χ4n) is 1.51. The molecule has 0 fully saturated rings. The van der Waals surface area contributed by atoms with Crippen LogP contribution in [0.4, 0.5) is 5.69 Å². The topological polar surface area (TPSA) is 38.0 Å². The smallest absolute Gasteiger partial charge is 0.0510 e. The number of hydrogen-bond donors (Lipinski definition) is 2. The number of aryl methyl sites for hydroxylation is 1. The molecule has 1 heterocycles. The summed E-state index contributed by atoms with van der Waals surface area (Å²) in [5.41, 5.74) is 8.22. The van der Waals surface area contributed by atoms with Gasteiger partial charge in [-0.05, 0) is 18.6 Å². The van der Waals surface area contributed by atoms with Crippen LogP contribution >= 0.6 is 11.8 Å². The maximum Gasteiger partial charge on any atom is 0.0510 e. The first-order valence-corrected chi connectivity index (χ1v) is 5.49. The largest absolute Gasteiger partial charge is 0.379 e. The van der Waals surface area contributed by atoms with Gasteiger partial charge in [0.2, 0.25) is 0 Å². The Bertz CT molecular complexity index is 312. The SMILES string of the molecule is Cc1cccc2c1NC(CN)CS2. The van der Waals surface area contributed by atoms with Crippen molar-refractivity contribution in [1.29, 1.82) is 0 Å². The number of para-hydroxylation sites is 1. The molecule has 1 aliphatic heterocycles. The maximum atomic E-state index is 5.63. The molecule has 0 aliphatic carbocycles. The van der Waals surface area contributed by atoms with Crippen molar-refractivity contribution in [3.8, 4) is 0 Å². The van der Waals surface area contributed by atoms with E-state index >= 15 is 0 Å². The van der Waals surface area contributed by atoms with Gasteiger partial charge in [0.15, 0.2) is 0 Å². The summed E-state index contributed by atoms with van der Waals surface area (Å²) in [6.07, 6.45) is 0. The van der Waals surface area contributed by atoms with E-state index in [0.29, 0.717) is 12.6 Å². The fourth-order valence-corrected chi connectivity index (χ4v) is 2.65. The van der Waals surface area contributed by atoms with Gasteiger partial charge in [0.1, 0.15) is 0 Å². The van der Waals surface area contributed by atoms with E-state index in [1.807, 2.05) is 11.8 Å². The van der Waals surface area contributed by atoms with Crippen LogP contribution in [0.5, 0.6) is 0 Å². The molecule has 0 saturated carbocycles. The van der Waals surface area contributed by atoms with Crippen LogP contribution in [0.15, 0.2) is 23.1 Å². The van der Waals surface area contributed by atoms with Crippen molar-refractivity contribution in [3.05, 3.63) is 23.8 Å². The molecule has 1 aromatic rings. The van der Waals surface area contributed by atoms with Gasteiger partial charge in [-0.3, -0.25) is 0 Å². The van der Waals surface area contributed by atoms with E-state index in [2.05, 4.69) is 30.4 Å². The number of fused-ring (bicyclic) bond motifs is 1. The molecule has 0 bridgehead atoms. The second kappa shape index (κ2) is 3.60. The van der Waals surface area contributed by atoms with Gasteiger partial charge in [-0.1, -0.05) is 12.1 Å². The third-order valence-corrected chi connectivity index (χ3v) is 3.53. The quantitative estimate of drug-likeness (QED) is 0.716. The van der Waals surface area contributed by atoms with Crippen LogP contribution in [0.3, 0.4) is 0 Å². The lowest BCUT2D eigenvalue weighted by atomic mass is 10.2. The van der Waals surface area contributed by atoms with Gasteiger partial charge >= 0.3 is 0 Å². The Hall–Kier alpha value is -0.670. The molecule has 2 nitrogen and oxygen atoms in total. The predicted octanol–water partition coefficient (Wildman–Crippen LogP) is 1.84. The van der Waals surface area contributed by atoms with Crippen LogP contribution in [0.1, 0.15) is 5.56 Å². The Balaban J connectivity index is 2.32. The van der Waals surface area contributed by atoms with E-state index in [9.17, 15) is 0 Å². The molecule has 1 aromatic carbocycles. The zero-order chi connectivity index (χ0) is 9.26. The molecule has 1 atom stereocenters. The minimum atomic E-state index is 0.429. The number of anilines is 1. The second-order valence-corrected chi connectivity index (χ2v) is 4.40. The monoisotopic (exact) mass is 194 g/mol. The standard InChI is InChI=1S/C10H14N2S/c1-7-3-2-4-9-10(7)12-8(5-11)6-13-9/h2-4,8,12H,5-6,11H2,1H3. The van der Waals surface area contributed by atoms with Crippen molar-refractivity contribution in [1.82, 2.24) is 0 Å². The Kier molecular flexibility index (Phi) is 2.47. The number of thioether (sulfide) groups is 1. The van der Waals surface area contributed by atoms with E-state index < -0.39 is 0 Å². The van der Waals surface area contributed by atoms with Crippen LogP contribution in [0.25, 0.3) is 0 Å². The first-order valence-electron chi connectivity index (χ1n) is 4.50. The van der Waals surface area contributed by atoms with Crippen molar-refractivity contribution >= 4 is 17.4 Å². The normalized spacial score (nSPS) is 20.6. The highest BCUT2D eigenvalue weighted by atomic mass is 32.2. The van der Waals surface area contributed by atoms with Crippen LogP contribution in [-0.4, -0.2) is 18.3 Å². The summed E-state index contributed by atoms with van der Waals surface area (Å²) in [7, 11) is 0. The fraction of sp³-hybridized carbons (Fsp3) is 0.400. The summed E-state index contributed by atoms with van der Waals surface area (Å²) in [6, 6.07) is 6.82. The molecule has 0 amide bonds. The predicted molar refractivity (Wildman–Crippen MR) is 58.4 cm³/mol. The van der Waals surface area contributed by atoms with Crippen LogP contribution < -0.4 is 11.1 Å². The Morgan fingerprint density at radius 3 is 3.23 bits per heavy atom. The highest BCUT2D eigenvalue weighted by Gasteiger charge is 2.17. The molecule has 1 unspecified atom stereocenters. The van der Waals surface area contributed by atoms with E-state index in [0.717, 1.165) is 5.75 Å². The highest BCUT2D eigenvalue weighted by molar-refractivity contribution is 7.99. The minimum Gasteiger partial charge on any atom is -0.379 e. The summed E-state index contributed by atoms with van der Waals surface area (Å²) >= 11 is 1.89. The lowest BCUT2D eigenvalue weighted by molar-refractivity contribution is 0.801. The Labute approximate surface area is 82.9 Å². The average Bonchev–Trinajstić information content (AvgIpc) is 2.18. The summed E-state index contributed by atoms with van der Waals surface area (Å²) in [4.78, 5) is 1.35. The highest BCUT2D eigenvalue weighted by Crippen LogP contribution is 2.34. The van der Waals surface area contributed by atoms with Crippen molar-refractivity contribution in [3.63, 3.8) is 0 Å². The third kappa shape index (κ3) is 1.67. The van der Waals surface area contributed by atoms with Crippen molar-refractivity contribution in [2.75, 3.05) is 17.6 Å². The lowest BCUT2D eigenvalue weighted by Gasteiger charge is -2.26. The Morgan fingerprint density at radius 1 is 1.62 bits per heavy atom. The summed E-state index contributed by atoms with van der Waals surface area (Å²) in [6.45, 7) is 2.84. The van der Waals surface area contributed by atoms with Gasteiger partial charge < -0.3 is 11.1 Å². The van der Waals surface area contributed by atoms with Crippen LogP contribution in [-0.2, 0) is 0 Å². The zero-order valence-electron chi connectivity index (χ0n) is 7.71.